The number of hydrogen-bond acceptors (Lipinski definition) is 6. The third-order valence-corrected chi connectivity index (χ3v) is 8.11. The molecule has 0 aliphatic carbocycles. The average molecular weight is 697 g/mol. The summed E-state index contributed by atoms with van der Waals surface area (Å²) in [6, 6.07) is 17.6. The van der Waals surface area contributed by atoms with Crippen molar-refractivity contribution in [1.29, 1.82) is 0 Å². The Morgan fingerprint density at radius 3 is 2.43 bits per heavy atom. The highest BCUT2D eigenvalue weighted by molar-refractivity contribution is 9.11. The lowest BCUT2D eigenvalue weighted by Gasteiger charge is -2.08. The highest BCUT2D eigenvalue weighted by Gasteiger charge is 2.28. The van der Waals surface area contributed by atoms with Gasteiger partial charge in [0.2, 0.25) is 5.90 Å². The summed E-state index contributed by atoms with van der Waals surface area (Å²) in [5.74, 6) is -0.748. The van der Waals surface area contributed by atoms with E-state index in [1.54, 1.807) is 42.5 Å². The Bertz CT molecular complexity index is 1580. The Morgan fingerprint density at radius 2 is 1.66 bits per heavy atom. The monoisotopic (exact) mass is 693 g/mol. The summed E-state index contributed by atoms with van der Waals surface area (Å²) in [5.41, 5.74) is 0.934. The highest BCUT2D eigenvalue weighted by Crippen LogP contribution is 2.39. The second kappa shape index (κ2) is 9.99. The van der Waals surface area contributed by atoms with Gasteiger partial charge in [-0.15, -0.1) is 11.3 Å². The van der Waals surface area contributed by atoms with Gasteiger partial charge in [0.25, 0.3) is 0 Å². The van der Waals surface area contributed by atoms with Gasteiger partial charge in [0.05, 0.1) is 10.6 Å². The van der Waals surface area contributed by atoms with E-state index in [0.717, 1.165) is 23.5 Å². The maximum Gasteiger partial charge on any atom is 0.363 e. The Labute approximate surface area is 233 Å². The fourth-order valence-electron chi connectivity index (χ4n) is 3.30. The molecule has 5 nitrogen and oxygen atoms in total. The van der Waals surface area contributed by atoms with Gasteiger partial charge in [-0.1, -0.05) is 65.5 Å². The van der Waals surface area contributed by atoms with Crippen molar-refractivity contribution in [1.82, 2.24) is 0 Å². The van der Waals surface area contributed by atoms with Gasteiger partial charge < -0.3 is 9.47 Å². The van der Waals surface area contributed by atoms with E-state index in [1.807, 2.05) is 18.2 Å². The maximum absolute atomic E-state index is 12.6. The smallest absolute Gasteiger partial charge is 0.363 e. The number of esters is 2. The van der Waals surface area contributed by atoms with Gasteiger partial charge in [-0.3, -0.25) is 0 Å². The second-order valence-electron chi connectivity index (χ2n) is 7.30. The zero-order valence-electron chi connectivity index (χ0n) is 17.4. The molecule has 5 rings (SSSR count). The number of aliphatic imine (C=N–C) groups is 1. The number of rotatable bonds is 4. The van der Waals surface area contributed by atoms with Crippen LogP contribution in [0.4, 0.5) is 0 Å². The van der Waals surface area contributed by atoms with Crippen LogP contribution in [0.5, 0.6) is 5.75 Å². The number of nitrogens with zero attached hydrogens (tertiary/aromatic N) is 1. The third kappa shape index (κ3) is 5.15. The molecule has 1 aliphatic rings. The molecule has 0 radical (unpaired) electrons. The molecule has 0 N–H and O–H groups in total. The fourth-order valence-corrected chi connectivity index (χ4v) is 5.93. The van der Waals surface area contributed by atoms with E-state index in [-0.39, 0.29) is 17.3 Å². The maximum atomic E-state index is 12.6. The SMILES string of the molecule is O=C1OC(c2sc3cc(Br)ccc3c2Cl)=N/C1=C/c1cc(Br)ccc1OC(=O)c1ccc(Br)cc1. The number of fused-ring (bicyclic) bond motifs is 1. The zero-order chi connectivity index (χ0) is 24.7. The van der Waals surface area contributed by atoms with Gasteiger partial charge >= 0.3 is 11.9 Å². The lowest BCUT2D eigenvalue weighted by Crippen LogP contribution is -2.09. The van der Waals surface area contributed by atoms with Crippen molar-refractivity contribution in [2.45, 2.75) is 0 Å². The van der Waals surface area contributed by atoms with Crippen LogP contribution >= 0.6 is 70.7 Å². The van der Waals surface area contributed by atoms with E-state index in [2.05, 4.69) is 52.8 Å². The van der Waals surface area contributed by atoms with E-state index in [4.69, 9.17) is 21.1 Å². The third-order valence-electron chi connectivity index (χ3n) is 4.95. The first-order chi connectivity index (χ1) is 16.8. The summed E-state index contributed by atoms with van der Waals surface area (Å²) in [6.45, 7) is 0. The van der Waals surface area contributed by atoms with Crippen LogP contribution in [0.2, 0.25) is 5.02 Å². The molecule has 0 saturated carbocycles. The van der Waals surface area contributed by atoms with Crippen molar-refractivity contribution in [3.63, 3.8) is 0 Å². The Morgan fingerprint density at radius 1 is 0.971 bits per heavy atom. The van der Waals surface area contributed by atoms with Gasteiger partial charge in [-0.2, -0.15) is 0 Å². The molecule has 3 aromatic carbocycles. The molecule has 10 heteroatoms. The summed E-state index contributed by atoms with van der Waals surface area (Å²) >= 11 is 18.1. The summed E-state index contributed by atoms with van der Waals surface area (Å²) < 4.78 is 14.5. The molecule has 1 aliphatic heterocycles. The standard InChI is InChI=1S/C25H11Br3ClNO4S/c26-14-3-1-12(2-4-14)24(31)33-19-8-6-15(27)9-13(19)10-18-25(32)34-23(30-18)22-21(29)17-7-5-16(28)11-20(17)35-22/h1-11H/b18-10+. The number of benzene rings is 3. The largest absolute Gasteiger partial charge is 0.422 e. The fraction of sp³-hybridized carbons (Fsp3) is 0. The number of ether oxygens (including phenoxy) is 2. The van der Waals surface area contributed by atoms with Gasteiger partial charge in [-0.05, 0) is 60.7 Å². The molecule has 0 atom stereocenters. The highest BCUT2D eigenvalue weighted by atomic mass is 79.9. The van der Waals surface area contributed by atoms with Crippen molar-refractivity contribution >= 4 is 105 Å². The van der Waals surface area contributed by atoms with E-state index in [1.165, 1.54) is 17.4 Å². The molecule has 0 bridgehead atoms. The molecule has 0 unspecified atom stereocenters. The first-order valence-electron chi connectivity index (χ1n) is 9.96. The molecule has 0 amide bonds. The molecule has 4 aromatic rings. The van der Waals surface area contributed by atoms with Crippen LogP contribution < -0.4 is 4.74 Å². The molecule has 0 saturated heterocycles. The molecule has 1 aromatic heterocycles. The lowest BCUT2D eigenvalue weighted by atomic mass is 10.1. The molecule has 0 spiro atoms. The Kier molecular flexibility index (Phi) is 6.96. The number of carbonyl (C=O) groups excluding carboxylic acids is 2. The van der Waals surface area contributed by atoms with Crippen molar-refractivity contribution in [2.75, 3.05) is 0 Å². The molecular formula is C25H11Br3ClNO4S. The van der Waals surface area contributed by atoms with Crippen LogP contribution in [-0.4, -0.2) is 17.8 Å². The predicted molar refractivity (Wildman–Crippen MR) is 148 cm³/mol. The molecule has 0 fully saturated rings. The minimum Gasteiger partial charge on any atom is -0.422 e. The number of cyclic esters (lactones) is 1. The van der Waals surface area contributed by atoms with Crippen LogP contribution in [0, 0.1) is 0 Å². The molecular weight excluding hydrogens is 686 g/mol. The predicted octanol–water partition coefficient (Wildman–Crippen LogP) is 8.41. The zero-order valence-corrected chi connectivity index (χ0v) is 23.7. The Balaban J connectivity index is 1.49. The quantitative estimate of drug-likeness (QED) is 0.122. The lowest BCUT2D eigenvalue weighted by molar-refractivity contribution is -0.129. The summed E-state index contributed by atoms with van der Waals surface area (Å²) in [4.78, 5) is 30.2. The van der Waals surface area contributed by atoms with Crippen molar-refractivity contribution in [2.24, 2.45) is 4.99 Å². The Hall–Kier alpha value is -2.30. The minimum absolute atomic E-state index is 0.0637. The van der Waals surface area contributed by atoms with E-state index in [0.29, 0.717) is 21.0 Å². The van der Waals surface area contributed by atoms with Gasteiger partial charge in [0.1, 0.15) is 10.6 Å². The van der Waals surface area contributed by atoms with Crippen LogP contribution in [0.3, 0.4) is 0 Å². The van der Waals surface area contributed by atoms with Crippen LogP contribution in [0.25, 0.3) is 16.2 Å². The van der Waals surface area contributed by atoms with Crippen molar-refractivity contribution in [3.8, 4) is 5.75 Å². The first kappa shape index (κ1) is 24.4. The van der Waals surface area contributed by atoms with E-state index in [9.17, 15) is 9.59 Å². The summed E-state index contributed by atoms with van der Waals surface area (Å²) in [7, 11) is 0. The minimum atomic E-state index is -0.625. The topological polar surface area (TPSA) is 65.0 Å². The normalized spacial score (nSPS) is 14.3. The number of halogens is 4. The van der Waals surface area contributed by atoms with Crippen molar-refractivity contribution < 1.29 is 19.1 Å². The molecule has 174 valence electrons. The van der Waals surface area contributed by atoms with Crippen LogP contribution in [-0.2, 0) is 9.53 Å². The van der Waals surface area contributed by atoms with Crippen LogP contribution in [0.15, 0.2) is 84.8 Å². The number of hydrogen-bond donors (Lipinski definition) is 0. The van der Waals surface area contributed by atoms with E-state index >= 15 is 0 Å². The van der Waals surface area contributed by atoms with Gasteiger partial charge in [0.15, 0.2) is 5.70 Å². The van der Waals surface area contributed by atoms with Gasteiger partial charge in [0, 0.05) is 29.1 Å². The molecule has 2 heterocycles. The second-order valence-corrected chi connectivity index (χ2v) is 11.5. The first-order valence-corrected chi connectivity index (χ1v) is 13.5. The van der Waals surface area contributed by atoms with Gasteiger partial charge in [-0.25, -0.2) is 14.6 Å². The summed E-state index contributed by atoms with van der Waals surface area (Å²) in [5, 5.41) is 1.32. The number of carbonyl (C=O) groups is 2. The van der Waals surface area contributed by atoms with E-state index < -0.39 is 11.9 Å². The molecule has 35 heavy (non-hydrogen) atoms. The average Bonchev–Trinajstić information content (AvgIpc) is 3.34. The summed E-state index contributed by atoms with van der Waals surface area (Å²) in [6.07, 6.45) is 1.52. The van der Waals surface area contributed by atoms with Crippen LogP contribution in [0.1, 0.15) is 20.8 Å². The van der Waals surface area contributed by atoms with Crippen molar-refractivity contribution in [3.05, 3.63) is 101 Å². The number of thiophene rings is 1.